The SMILES string of the molecule is C[C@@H]1[C@@H](C)CCC[C@@H]([C@H]2OC[C@@H](N3CC4(COC4)C3)CO2)[C@@H]2CC[C@H]2CN2CCCCc3cc(Cl)ccc3COc3ccc(cc32)C(=O)NS1(=O)=O. The molecule has 6 aliphatic rings. The third-order valence-corrected chi connectivity index (χ3v) is 15.3. The predicted molar refractivity (Wildman–Crippen MR) is 200 cm³/mol. The number of likely N-dealkylation sites (tertiary alicyclic amines) is 1. The van der Waals surface area contributed by atoms with Gasteiger partial charge >= 0.3 is 0 Å². The summed E-state index contributed by atoms with van der Waals surface area (Å²) in [7, 11) is -3.91. The van der Waals surface area contributed by atoms with E-state index in [1.54, 1.807) is 13.0 Å². The minimum Gasteiger partial charge on any atom is -0.487 e. The van der Waals surface area contributed by atoms with Gasteiger partial charge in [0, 0.05) is 48.1 Å². The van der Waals surface area contributed by atoms with E-state index in [2.05, 4.69) is 14.5 Å². The molecule has 2 aromatic rings. The molecule has 5 heterocycles. The van der Waals surface area contributed by atoms with Crippen LogP contribution in [0.25, 0.3) is 0 Å². The lowest BCUT2D eigenvalue weighted by atomic mass is 9.65. The van der Waals surface area contributed by atoms with Crippen LogP contribution in [0.4, 0.5) is 5.69 Å². The molecule has 0 radical (unpaired) electrons. The van der Waals surface area contributed by atoms with E-state index in [-0.39, 0.29) is 24.2 Å². The molecule has 1 aliphatic carbocycles. The van der Waals surface area contributed by atoms with Gasteiger partial charge in [-0.25, -0.2) is 13.1 Å². The zero-order valence-electron chi connectivity index (χ0n) is 30.6. The first-order chi connectivity index (χ1) is 25.1. The number of rotatable bonds is 2. The molecule has 1 saturated carbocycles. The van der Waals surface area contributed by atoms with Crippen LogP contribution in [0.3, 0.4) is 0 Å². The minimum atomic E-state index is -3.91. The summed E-state index contributed by atoms with van der Waals surface area (Å²) in [6, 6.07) is 11.6. The van der Waals surface area contributed by atoms with Gasteiger partial charge in [-0.1, -0.05) is 31.0 Å². The van der Waals surface area contributed by atoms with Gasteiger partial charge in [-0.15, -0.1) is 0 Å². The number of carbonyl (C=O) groups is 1. The average molecular weight is 756 g/mol. The van der Waals surface area contributed by atoms with Gasteiger partial charge in [0.15, 0.2) is 6.29 Å². The Morgan fingerprint density at radius 1 is 0.904 bits per heavy atom. The van der Waals surface area contributed by atoms with Gasteiger partial charge in [-0.3, -0.25) is 9.69 Å². The molecule has 0 aromatic heterocycles. The molecule has 0 unspecified atom stereocenters. The first kappa shape index (κ1) is 36.6. The number of anilines is 1. The molecule has 4 fully saturated rings. The van der Waals surface area contributed by atoms with Crippen molar-refractivity contribution in [2.75, 3.05) is 57.5 Å². The quantitative estimate of drug-likeness (QED) is 0.393. The number of amides is 1. The van der Waals surface area contributed by atoms with Gasteiger partial charge in [0.05, 0.1) is 43.4 Å². The average Bonchev–Trinajstić information content (AvgIpc) is 3.11. The first-order valence-electron chi connectivity index (χ1n) is 19.5. The Bertz CT molecular complexity index is 1720. The third kappa shape index (κ3) is 7.47. The maximum absolute atomic E-state index is 13.6. The van der Waals surface area contributed by atoms with Crippen molar-refractivity contribution in [2.24, 2.45) is 29.1 Å². The van der Waals surface area contributed by atoms with Crippen LogP contribution in [0.1, 0.15) is 80.3 Å². The molecular formula is C40H54ClN3O7S. The van der Waals surface area contributed by atoms with E-state index in [1.807, 2.05) is 37.3 Å². The van der Waals surface area contributed by atoms with Gasteiger partial charge in [-0.2, -0.15) is 0 Å². The van der Waals surface area contributed by atoms with Crippen LogP contribution >= 0.6 is 11.6 Å². The Hall–Kier alpha value is -2.41. The van der Waals surface area contributed by atoms with E-state index in [0.717, 1.165) is 107 Å². The second-order valence-corrected chi connectivity index (χ2v) is 19.1. The van der Waals surface area contributed by atoms with Gasteiger partial charge in [-0.05, 0) is 111 Å². The van der Waals surface area contributed by atoms with Crippen molar-refractivity contribution in [2.45, 2.75) is 89.4 Å². The second-order valence-electron chi connectivity index (χ2n) is 16.6. The fraction of sp³-hybridized carbons (Fsp3) is 0.675. The molecule has 5 aliphatic heterocycles. The van der Waals surface area contributed by atoms with Crippen LogP contribution in [-0.2, 0) is 37.3 Å². The van der Waals surface area contributed by atoms with Crippen molar-refractivity contribution in [1.29, 1.82) is 0 Å². The molecule has 1 N–H and O–H groups in total. The van der Waals surface area contributed by atoms with Gasteiger partial charge < -0.3 is 23.8 Å². The molecule has 2 aromatic carbocycles. The first-order valence-corrected chi connectivity index (χ1v) is 21.4. The van der Waals surface area contributed by atoms with Crippen LogP contribution < -0.4 is 14.4 Å². The van der Waals surface area contributed by atoms with E-state index in [1.165, 1.54) is 5.56 Å². The number of aryl methyl sites for hydroxylation is 1. The highest BCUT2D eigenvalue weighted by Gasteiger charge is 2.52. The number of hydrogen-bond acceptors (Lipinski definition) is 9. The maximum atomic E-state index is 13.6. The number of nitrogens with one attached hydrogen (secondary N) is 1. The highest BCUT2D eigenvalue weighted by atomic mass is 35.5. The summed E-state index contributed by atoms with van der Waals surface area (Å²) in [5.41, 5.74) is 3.78. The molecule has 10 nitrogen and oxygen atoms in total. The lowest BCUT2D eigenvalue weighted by Gasteiger charge is -2.58. The number of halogens is 1. The largest absolute Gasteiger partial charge is 0.487 e. The van der Waals surface area contributed by atoms with Crippen molar-refractivity contribution >= 4 is 33.2 Å². The Labute approximate surface area is 313 Å². The Morgan fingerprint density at radius 2 is 1.71 bits per heavy atom. The topological polar surface area (TPSA) is 107 Å². The molecule has 3 saturated heterocycles. The van der Waals surface area contributed by atoms with E-state index in [0.29, 0.717) is 48.4 Å². The summed E-state index contributed by atoms with van der Waals surface area (Å²) in [5, 5.41) is -0.00417. The fourth-order valence-electron chi connectivity index (χ4n) is 9.41. The van der Waals surface area contributed by atoms with E-state index in [4.69, 9.17) is 30.5 Å². The zero-order valence-corrected chi connectivity index (χ0v) is 32.1. The number of sulfonamides is 1. The number of carbonyl (C=O) groups excluding carboxylic acids is 1. The Morgan fingerprint density at radius 3 is 2.44 bits per heavy atom. The summed E-state index contributed by atoms with van der Waals surface area (Å²) < 4.78 is 54.7. The predicted octanol–water partition coefficient (Wildman–Crippen LogP) is 6.05. The summed E-state index contributed by atoms with van der Waals surface area (Å²) in [6.45, 7) is 10.9. The summed E-state index contributed by atoms with van der Waals surface area (Å²) in [4.78, 5) is 18.4. The highest BCUT2D eigenvalue weighted by molar-refractivity contribution is 7.90. The Kier molecular flexibility index (Phi) is 10.6. The number of hydrogen-bond donors (Lipinski definition) is 1. The molecule has 284 valence electrons. The molecule has 5 atom stereocenters. The van der Waals surface area contributed by atoms with Crippen molar-refractivity contribution < 1.29 is 32.2 Å². The van der Waals surface area contributed by atoms with Crippen LogP contribution in [0, 0.1) is 29.1 Å². The zero-order chi connectivity index (χ0) is 36.0. The standard InChI is InChI=1S/C40H54ClN3O7S/c1-26-6-5-8-35(39-50-20-33(21-51-39)44-22-40(23-44)24-48-25-40)34-13-10-30(34)18-43-15-4-3-7-28-16-32(41)12-9-31(28)19-49-37-14-11-29(17-36(37)43)38(45)42-52(46,47)27(26)2/h9,11-12,14,16-17,26-27,30,33-35,39H,3-8,10,13,15,18-25H2,1-2H3,(H,42,45)/t26-,27+,30-,33-,34+,35+,39+/m0/s1. The Balaban J connectivity index is 1.07. The number of benzene rings is 2. The maximum Gasteiger partial charge on any atom is 0.264 e. The summed E-state index contributed by atoms with van der Waals surface area (Å²) in [6.07, 6.45) is 7.34. The third-order valence-electron chi connectivity index (χ3n) is 13.1. The van der Waals surface area contributed by atoms with Crippen LogP contribution in [0.2, 0.25) is 5.02 Å². The lowest BCUT2D eigenvalue weighted by molar-refractivity contribution is -0.267. The van der Waals surface area contributed by atoms with Crippen molar-refractivity contribution in [3.8, 4) is 5.75 Å². The van der Waals surface area contributed by atoms with Crippen LogP contribution in [0.15, 0.2) is 36.4 Å². The van der Waals surface area contributed by atoms with E-state index in [9.17, 15) is 13.2 Å². The van der Waals surface area contributed by atoms with Gasteiger partial charge in [0.25, 0.3) is 5.91 Å². The molecule has 12 heteroatoms. The minimum absolute atomic E-state index is 0.128. The molecule has 8 rings (SSSR count). The van der Waals surface area contributed by atoms with Crippen LogP contribution in [0.5, 0.6) is 5.75 Å². The molecule has 1 spiro atoms. The van der Waals surface area contributed by atoms with E-state index < -0.39 is 21.2 Å². The molecular weight excluding hydrogens is 702 g/mol. The van der Waals surface area contributed by atoms with Gasteiger partial charge in [0.2, 0.25) is 10.0 Å². The number of nitrogens with zero attached hydrogens (tertiary/aromatic N) is 2. The van der Waals surface area contributed by atoms with Gasteiger partial charge in [0.1, 0.15) is 12.4 Å². The van der Waals surface area contributed by atoms with Crippen LogP contribution in [-0.4, -0.2) is 89.4 Å². The number of ether oxygens (including phenoxy) is 4. The normalized spacial score (nSPS) is 33.8. The summed E-state index contributed by atoms with van der Waals surface area (Å²) >= 11 is 6.40. The van der Waals surface area contributed by atoms with Crippen molar-refractivity contribution in [3.63, 3.8) is 0 Å². The van der Waals surface area contributed by atoms with Crippen molar-refractivity contribution in [1.82, 2.24) is 9.62 Å². The fourth-order valence-corrected chi connectivity index (χ4v) is 10.9. The smallest absolute Gasteiger partial charge is 0.264 e. The lowest BCUT2D eigenvalue weighted by Crippen LogP contribution is -2.70. The molecule has 1 amide bonds. The summed E-state index contributed by atoms with van der Waals surface area (Å²) in [5.74, 6) is 1.02. The molecule has 52 heavy (non-hydrogen) atoms. The monoisotopic (exact) mass is 755 g/mol. The molecule has 2 bridgehead atoms. The van der Waals surface area contributed by atoms with Crippen molar-refractivity contribution in [3.05, 3.63) is 58.1 Å². The number of fused-ring (bicyclic) bond motifs is 3. The van der Waals surface area contributed by atoms with E-state index >= 15 is 0 Å². The second kappa shape index (κ2) is 15.0. The highest BCUT2D eigenvalue weighted by Crippen LogP contribution is 2.47.